The van der Waals surface area contributed by atoms with Crippen molar-refractivity contribution < 1.29 is 28.2 Å². The van der Waals surface area contributed by atoms with Gasteiger partial charge in [-0.3, -0.25) is 9.36 Å². The van der Waals surface area contributed by atoms with Crippen LogP contribution in [-0.4, -0.2) is 49.0 Å². The predicted molar refractivity (Wildman–Crippen MR) is 115 cm³/mol. The van der Waals surface area contributed by atoms with Gasteiger partial charge in [-0.1, -0.05) is 36.4 Å². The molecule has 0 saturated carbocycles. The van der Waals surface area contributed by atoms with Crippen molar-refractivity contribution in [2.75, 3.05) is 14.2 Å². The Morgan fingerprint density at radius 1 is 0.968 bits per heavy atom. The zero-order valence-electron chi connectivity index (χ0n) is 17.5. The molecule has 0 spiro atoms. The van der Waals surface area contributed by atoms with Crippen molar-refractivity contribution in [2.24, 2.45) is 5.92 Å². The number of carbonyl (C=O) groups is 2. The smallest absolute Gasteiger partial charge is 0.338 e. The molecule has 2 aromatic carbocycles. The highest BCUT2D eigenvalue weighted by molar-refractivity contribution is 7.64. The summed E-state index contributed by atoms with van der Waals surface area (Å²) in [6.45, 7) is 0. The molecule has 0 radical (unpaired) electrons. The first-order valence-corrected chi connectivity index (χ1v) is 11.9. The van der Waals surface area contributed by atoms with E-state index in [1.165, 1.54) is 14.2 Å². The normalized spacial score (nSPS) is 27.3. The van der Waals surface area contributed by atoms with Crippen molar-refractivity contribution >= 4 is 24.8 Å². The SMILES string of the molecule is COC(=O)C1C(OC(=O)c2ccccc2)CC2CCC1N2P(=O)(OC)c1ccccc1. The fraction of sp³-hybridized carbons (Fsp3) is 0.391. The van der Waals surface area contributed by atoms with Crippen LogP contribution in [0, 0.1) is 5.92 Å². The molecule has 5 atom stereocenters. The van der Waals surface area contributed by atoms with E-state index in [2.05, 4.69) is 0 Å². The zero-order chi connectivity index (χ0) is 22.0. The van der Waals surface area contributed by atoms with Crippen LogP contribution in [0.1, 0.15) is 29.6 Å². The van der Waals surface area contributed by atoms with Gasteiger partial charge >= 0.3 is 19.5 Å². The summed E-state index contributed by atoms with van der Waals surface area (Å²) in [7, 11) is -0.650. The number of methoxy groups -OCH3 is 1. The van der Waals surface area contributed by atoms with Crippen LogP contribution in [-0.2, 0) is 23.4 Å². The van der Waals surface area contributed by atoms with Gasteiger partial charge < -0.3 is 14.0 Å². The van der Waals surface area contributed by atoms with Crippen LogP contribution in [0.2, 0.25) is 0 Å². The summed E-state index contributed by atoms with van der Waals surface area (Å²) in [6, 6.07) is 17.2. The highest BCUT2D eigenvalue weighted by atomic mass is 31.2. The van der Waals surface area contributed by atoms with Crippen LogP contribution < -0.4 is 5.30 Å². The quantitative estimate of drug-likeness (QED) is 0.500. The molecule has 0 N–H and O–H groups in total. The summed E-state index contributed by atoms with van der Waals surface area (Å²) < 4.78 is 32.4. The molecule has 0 amide bonds. The third kappa shape index (κ3) is 3.93. The summed E-state index contributed by atoms with van der Waals surface area (Å²) in [5.41, 5.74) is 0.424. The number of piperidine rings is 1. The van der Waals surface area contributed by atoms with Gasteiger partial charge in [-0.2, -0.15) is 0 Å². The third-order valence-corrected chi connectivity index (χ3v) is 8.88. The van der Waals surface area contributed by atoms with E-state index < -0.39 is 37.5 Å². The van der Waals surface area contributed by atoms with E-state index in [1.807, 2.05) is 28.9 Å². The average molecular weight is 443 g/mol. The van der Waals surface area contributed by atoms with Gasteiger partial charge in [0.15, 0.2) is 0 Å². The molecule has 0 aliphatic carbocycles. The Kier molecular flexibility index (Phi) is 6.28. The molecule has 2 saturated heterocycles. The molecule has 31 heavy (non-hydrogen) atoms. The van der Waals surface area contributed by atoms with Gasteiger partial charge in [0.1, 0.15) is 12.0 Å². The maximum absolute atomic E-state index is 14.1. The molecule has 2 aliphatic heterocycles. The summed E-state index contributed by atoms with van der Waals surface area (Å²) in [5.74, 6) is -1.70. The van der Waals surface area contributed by atoms with Crippen molar-refractivity contribution in [3.8, 4) is 0 Å². The van der Waals surface area contributed by atoms with E-state index in [-0.39, 0.29) is 6.04 Å². The molecule has 2 heterocycles. The maximum Gasteiger partial charge on any atom is 0.338 e. The van der Waals surface area contributed by atoms with Crippen LogP contribution >= 0.6 is 7.52 Å². The molecule has 2 aromatic rings. The van der Waals surface area contributed by atoms with E-state index in [9.17, 15) is 14.2 Å². The van der Waals surface area contributed by atoms with Gasteiger partial charge in [0.25, 0.3) is 0 Å². The van der Waals surface area contributed by atoms with Gasteiger partial charge in [0, 0.05) is 25.6 Å². The molecule has 164 valence electrons. The van der Waals surface area contributed by atoms with Gasteiger partial charge in [0.05, 0.1) is 18.0 Å². The molecule has 8 heteroatoms. The number of ether oxygens (including phenoxy) is 2. The Morgan fingerprint density at radius 2 is 1.61 bits per heavy atom. The minimum absolute atomic E-state index is 0.134. The van der Waals surface area contributed by atoms with Crippen molar-refractivity contribution in [1.82, 2.24) is 4.67 Å². The topological polar surface area (TPSA) is 82.1 Å². The Balaban J connectivity index is 1.66. The van der Waals surface area contributed by atoms with E-state index in [4.69, 9.17) is 14.0 Å². The number of benzene rings is 2. The number of nitrogens with zero attached hydrogens (tertiary/aromatic N) is 1. The molecule has 2 aliphatic rings. The lowest BCUT2D eigenvalue weighted by atomic mass is 9.89. The largest absolute Gasteiger partial charge is 0.469 e. The fourth-order valence-corrected chi connectivity index (χ4v) is 7.34. The zero-order valence-corrected chi connectivity index (χ0v) is 18.4. The van der Waals surface area contributed by atoms with E-state index in [0.29, 0.717) is 23.7 Å². The highest BCUT2D eigenvalue weighted by Gasteiger charge is 2.58. The minimum atomic E-state index is -3.40. The van der Waals surface area contributed by atoms with Crippen molar-refractivity contribution in [3.05, 3.63) is 66.2 Å². The maximum atomic E-state index is 14.1. The summed E-state index contributed by atoms with van der Waals surface area (Å²) in [5, 5.41) is 0.581. The van der Waals surface area contributed by atoms with Gasteiger partial charge in [0.2, 0.25) is 0 Å². The van der Waals surface area contributed by atoms with Crippen LogP contribution in [0.4, 0.5) is 0 Å². The predicted octanol–water partition coefficient (Wildman–Crippen LogP) is 3.40. The Morgan fingerprint density at radius 3 is 2.23 bits per heavy atom. The van der Waals surface area contributed by atoms with Crippen molar-refractivity contribution in [1.29, 1.82) is 0 Å². The van der Waals surface area contributed by atoms with Crippen LogP contribution in [0.15, 0.2) is 60.7 Å². The standard InChI is InChI=1S/C23H26NO6P/c1-28-23(26)21-19-14-13-17(15-20(21)30-22(25)16-9-5-3-6-10-16)24(19)31(27,29-2)18-11-7-4-8-12-18/h3-12,17,19-21H,13-15H2,1-2H3. The number of rotatable bonds is 6. The average Bonchev–Trinajstić information content (AvgIpc) is 3.14. The van der Waals surface area contributed by atoms with E-state index >= 15 is 0 Å². The van der Waals surface area contributed by atoms with Gasteiger partial charge in [-0.15, -0.1) is 0 Å². The Hall–Kier alpha value is -2.47. The Labute approximate surface area is 181 Å². The summed E-state index contributed by atoms with van der Waals surface area (Å²) in [4.78, 5) is 25.5. The lowest BCUT2D eigenvalue weighted by molar-refractivity contribution is -0.154. The number of carbonyl (C=O) groups excluding carboxylic acids is 2. The number of fused-ring (bicyclic) bond motifs is 2. The van der Waals surface area contributed by atoms with Crippen molar-refractivity contribution in [2.45, 2.75) is 37.5 Å². The number of esters is 2. The van der Waals surface area contributed by atoms with Crippen LogP contribution in [0.5, 0.6) is 0 Å². The molecular weight excluding hydrogens is 417 g/mol. The Bertz CT molecular complexity index is 982. The highest BCUT2D eigenvalue weighted by Crippen LogP contribution is 2.59. The third-order valence-electron chi connectivity index (χ3n) is 6.20. The van der Waals surface area contributed by atoms with E-state index in [0.717, 1.165) is 6.42 Å². The molecule has 5 unspecified atom stereocenters. The van der Waals surface area contributed by atoms with Gasteiger partial charge in [-0.25, -0.2) is 9.46 Å². The van der Waals surface area contributed by atoms with E-state index in [1.54, 1.807) is 36.4 Å². The molecule has 2 fully saturated rings. The molecule has 2 bridgehead atoms. The lowest BCUT2D eigenvalue weighted by Gasteiger charge is -2.45. The molecular formula is C23H26NO6P. The first-order chi connectivity index (χ1) is 15.0. The first kappa shape index (κ1) is 21.8. The molecule has 0 aromatic heterocycles. The number of hydrogen-bond donors (Lipinski definition) is 0. The molecule has 4 rings (SSSR count). The second kappa shape index (κ2) is 8.95. The van der Waals surface area contributed by atoms with Crippen LogP contribution in [0.25, 0.3) is 0 Å². The lowest BCUT2D eigenvalue weighted by Crippen LogP contribution is -2.54. The first-order valence-electron chi connectivity index (χ1n) is 10.3. The fourth-order valence-electron chi connectivity index (χ4n) is 4.84. The second-order valence-corrected chi connectivity index (χ2v) is 10.2. The second-order valence-electron chi connectivity index (χ2n) is 7.81. The summed E-state index contributed by atoms with van der Waals surface area (Å²) >= 11 is 0. The van der Waals surface area contributed by atoms with Gasteiger partial charge in [-0.05, 0) is 37.1 Å². The van der Waals surface area contributed by atoms with Crippen LogP contribution in [0.3, 0.4) is 0 Å². The molecule has 7 nitrogen and oxygen atoms in total. The summed E-state index contributed by atoms with van der Waals surface area (Å²) in [6.07, 6.45) is 1.10. The number of hydrogen-bond acceptors (Lipinski definition) is 6. The van der Waals surface area contributed by atoms with Crippen molar-refractivity contribution in [3.63, 3.8) is 0 Å². The minimum Gasteiger partial charge on any atom is -0.469 e. The monoisotopic (exact) mass is 443 g/mol.